The van der Waals surface area contributed by atoms with Gasteiger partial charge in [-0.2, -0.15) is 13.2 Å². The molecule has 3 aliphatic rings. The molecule has 11 nitrogen and oxygen atoms in total. The van der Waals surface area contributed by atoms with Crippen LogP contribution in [-0.4, -0.2) is 61.4 Å². The SMILES string of the molecule is Cn1c(=O)n(C2CCC(=O)NC2=O)c2ccc(F)c(C3CCN(CC4CCC(c5nc6cc(F)c(NC(=O)c7cccc(C(F)(F)F)n7)cc6s5)CC4)CC3)c21. The normalized spacial score (nSPS) is 21.5. The molecule has 3 aromatic heterocycles. The molecule has 56 heavy (non-hydrogen) atoms. The number of thiazole rings is 1. The van der Waals surface area contributed by atoms with Crippen LogP contribution in [0, 0.1) is 17.6 Å². The van der Waals surface area contributed by atoms with Gasteiger partial charge in [0.2, 0.25) is 11.8 Å². The number of benzene rings is 2. The highest BCUT2D eigenvalue weighted by atomic mass is 32.1. The number of aromatic nitrogens is 4. The van der Waals surface area contributed by atoms with Gasteiger partial charge in [0.1, 0.15) is 29.1 Å². The minimum Gasteiger partial charge on any atom is -0.318 e. The highest BCUT2D eigenvalue weighted by Crippen LogP contribution is 2.41. The lowest BCUT2D eigenvalue weighted by molar-refractivity contribution is -0.141. The van der Waals surface area contributed by atoms with E-state index in [2.05, 4.69) is 20.5 Å². The zero-order valence-electron chi connectivity index (χ0n) is 30.3. The van der Waals surface area contributed by atoms with Gasteiger partial charge >= 0.3 is 11.9 Å². The Balaban J connectivity index is 0.880. The van der Waals surface area contributed by atoms with Crippen LogP contribution in [0.1, 0.15) is 96.0 Å². The van der Waals surface area contributed by atoms with Crippen LogP contribution >= 0.6 is 11.3 Å². The van der Waals surface area contributed by atoms with Crippen LogP contribution in [0.25, 0.3) is 21.3 Å². The van der Waals surface area contributed by atoms with E-state index in [1.54, 1.807) is 13.1 Å². The maximum atomic E-state index is 15.6. The van der Waals surface area contributed by atoms with E-state index >= 15 is 8.78 Å². The number of imidazole rings is 1. The first kappa shape index (κ1) is 37.9. The van der Waals surface area contributed by atoms with Crippen LogP contribution in [-0.2, 0) is 22.8 Å². The van der Waals surface area contributed by atoms with Crippen LogP contribution in [0.5, 0.6) is 0 Å². The maximum absolute atomic E-state index is 15.6. The lowest BCUT2D eigenvalue weighted by atomic mass is 9.81. The van der Waals surface area contributed by atoms with Crippen molar-refractivity contribution in [3.8, 4) is 0 Å². The molecule has 2 aliphatic heterocycles. The molecule has 0 radical (unpaired) electrons. The van der Waals surface area contributed by atoms with E-state index < -0.39 is 46.9 Å². The Bertz CT molecular complexity index is 2430. The molecule has 0 spiro atoms. The number of rotatable bonds is 7. The first-order valence-electron chi connectivity index (χ1n) is 18.7. The number of aryl methyl sites for hydroxylation is 1. The van der Waals surface area contributed by atoms with Crippen molar-refractivity contribution >= 4 is 56.0 Å². The van der Waals surface area contributed by atoms with Crippen LogP contribution < -0.4 is 16.3 Å². The Hall–Kier alpha value is -5.03. The summed E-state index contributed by atoms with van der Waals surface area (Å²) < 4.78 is 73.3. The number of pyridine rings is 1. The van der Waals surface area contributed by atoms with Crippen molar-refractivity contribution in [3.63, 3.8) is 0 Å². The number of anilines is 1. The predicted molar refractivity (Wildman–Crippen MR) is 198 cm³/mol. The molecule has 3 amide bonds. The second-order valence-electron chi connectivity index (χ2n) is 15.0. The standard InChI is InChI=1S/C39H38F5N7O4S/c1-49-34-28(51(38(49)55)29-11-12-32(52)48-36(29)54)10-9-23(40)33(34)21-13-15-50(16-14-21)19-20-5-7-22(8-6-20)37-47-27-17-24(41)26(18-30(27)56-37)46-35(53)25-3-2-4-31(45-25)39(42,43)44/h2-4,9-10,17-18,20-22,29H,5-8,11-16,19H2,1H3,(H,46,53)(H,48,52,54). The number of carbonyl (C=O) groups is 3. The monoisotopic (exact) mass is 795 g/mol. The quantitative estimate of drug-likeness (QED) is 0.134. The number of alkyl halides is 3. The van der Waals surface area contributed by atoms with E-state index in [4.69, 9.17) is 4.98 Å². The number of fused-ring (bicyclic) bond motifs is 2. The van der Waals surface area contributed by atoms with Crippen LogP contribution in [0.3, 0.4) is 0 Å². The van der Waals surface area contributed by atoms with Gasteiger partial charge in [0.15, 0.2) is 0 Å². The Morgan fingerprint density at radius 2 is 1.68 bits per heavy atom. The van der Waals surface area contributed by atoms with E-state index in [9.17, 15) is 32.3 Å². The van der Waals surface area contributed by atoms with Gasteiger partial charge in [-0.25, -0.2) is 23.5 Å². The lowest BCUT2D eigenvalue weighted by Crippen LogP contribution is -2.44. The Morgan fingerprint density at radius 3 is 2.39 bits per heavy atom. The second-order valence-corrected chi connectivity index (χ2v) is 16.1. The summed E-state index contributed by atoms with van der Waals surface area (Å²) in [5.74, 6) is -2.46. The highest BCUT2D eigenvalue weighted by Gasteiger charge is 2.35. The van der Waals surface area contributed by atoms with Crippen molar-refractivity contribution in [3.05, 3.63) is 86.5 Å². The van der Waals surface area contributed by atoms with E-state index in [0.717, 1.165) is 68.5 Å². The second kappa shape index (κ2) is 14.8. The van der Waals surface area contributed by atoms with Crippen LogP contribution in [0.4, 0.5) is 27.6 Å². The molecule has 5 heterocycles. The third-order valence-electron chi connectivity index (χ3n) is 11.5. The van der Waals surface area contributed by atoms with Gasteiger partial charge in [0.25, 0.3) is 5.91 Å². The molecule has 1 unspecified atom stereocenters. The number of imide groups is 1. The van der Waals surface area contributed by atoms with Gasteiger partial charge in [-0.3, -0.25) is 28.8 Å². The number of hydrogen-bond acceptors (Lipinski definition) is 8. The average Bonchev–Trinajstić information content (AvgIpc) is 3.69. The van der Waals surface area contributed by atoms with Gasteiger partial charge in [-0.1, -0.05) is 6.07 Å². The van der Waals surface area contributed by atoms with E-state index in [1.165, 1.54) is 38.7 Å². The first-order chi connectivity index (χ1) is 26.7. The van der Waals surface area contributed by atoms with Crippen LogP contribution in [0.2, 0.25) is 0 Å². The van der Waals surface area contributed by atoms with Gasteiger partial charge in [-0.05, 0) is 100 Å². The van der Waals surface area contributed by atoms with Crippen molar-refractivity contribution in [2.24, 2.45) is 13.0 Å². The van der Waals surface area contributed by atoms with E-state index in [0.29, 0.717) is 45.6 Å². The summed E-state index contributed by atoms with van der Waals surface area (Å²) in [7, 11) is 1.59. The average molecular weight is 796 g/mol. The molecule has 0 bridgehead atoms. The molecule has 2 N–H and O–H groups in total. The van der Waals surface area contributed by atoms with Crippen molar-refractivity contribution in [1.82, 2.24) is 29.3 Å². The molecule has 1 atom stereocenters. The third-order valence-corrected chi connectivity index (χ3v) is 12.7. The third kappa shape index (κ3) is 7.22. The predicted octanol–water partition coefficient (Wildman–Crippen LogP) is 7.03. The zero-order chi connectivity index (χ0) is 39.5. The smallest absolute Gasteiger partial charge is 0.318 e. The summed E-state index contributed by atoms with van der Waals surface area (Å²) >= 11 is 1.41. The number of piperidine rings is 2. The highest BCUT2D eigenvalue weighted by molar-refractivity contribution is 7.18. The molecular formula is C39H38F5N7O4S. The minimum absolute atomic E-state index is 0.108. The number of likely N-dealkylation sites (tertiary alicyclic amines) is 1. The Morgan fingerprint density at radius 1 is 0.929 bits per heavy atom. The molecule has 3 fully saturated rings. The van der Waals surface area contributed by atoms with Gasteiger partial charge in [-0.15, -0.1) is 11.3 Å². The summed E-state index contributed by atoms with van der Waals surface area (Å²) in [6.07, 6.45) is 0.783. The molecule has 17 heteroatoms. The fraction of sp³-hybridized carbons (Fsp3) is 0.436. The summed E-state index contributed by atoms with van der Waals surface area (Å²) in [5, 5.41) is 5.53. The van der Waals surface area contributed by atoms with Crippen molar-refractivity contribution in [2.45, 2.75) is 75.4 Å². The number of nitrogens with zero attached hydrogens (tertiary/aromatic N) is 5. The lowest BCUT2D eigenvalue weighted by Gasteiger charge is -2.36. The summed E-state index contributed by atoms with van der Waals surface area (Å²) in [4.78, 5) is 61.0. The number of halogens is 5. The summed E-state index contributed by atoms with van der Waals surface area (Å²) in [5.41, 5.74) is -0.375. The van der Waals surface area contributed by atoms with Crippen molar-refractivity contribution in [1.29, 1.82) is 0 Å². The first-order valence-corrected chi connectivity index (χ1v) is 19.5. The summed E-state index contributed by atoms with van der Waals surface area (Å²) in [6.45, 7) is 2.45. The minimum atomic E-state index is -4.73. The van der Waals surface area contributed by atoms with E-state index in [1.807, 2.05) is 0 Å². The molecule has 5 aromatic rings. The maximum Gasteiger partial charge on any atom is 0.433 e. The fourth-order valence-corrected chi connectivity index (χ4v) is 9.76. The van der Waals surface area contributed by atoms with Crippen molar-refractivity contribution < 1.29 is 36.3 Å². The zero-order valence-corrected chi connectivity index (χ0v) is 31.1. The topological polar surface area (TPSA) is 131 Å². The molecule has 1 aliphatic carbocycles. The molecule has 2 saturated heterocycles. The number of amides is 3. The Labute approximate surface area is 320 Å². The van der Waals surface area contributed by atoms with Gasteiger partial charge in [0.05, 0.1) is 31.9 Å². The number of carbonyl (C=O) groups excluding carboxylic acids is 3. The molecule has 1 saturated carbocycles. The van der Waals surface area contributed by atoms with E-state index in [-0.39, 0.29) is 42.1 Å². The van der Waals surface area contributed by atoms with Crippen molar-refractivity contribution in [2.75, 3.05) is 25.0 Å². The Kier molecular flexibility index (Phi) is 10.0. The van der Waals surface area contributed by atoms with Crippen LogP contribution in [0.15, 0.2) is 47.3 Å². The number of hydrogen-bond donors (Lipinski definition) is 2. The largest absolute Gasteiger partial charge is 0.433 e. The number of nitrogens with one attached hydrogen (secondary N) is 2. The van der Waals surface area contributed by atoms with Gasteiger partial charge < -0.3 is 10.2 Å². The molecule has 2 aromatic carbocycles. The fourth-order valence-electron chi connectivity index (χ4n) is 8.60. The molecule has 8 rings (SSSR count). The molecule has 294 valence electrons. The van der Waals surface area contributed by atoms with Gasteiger partial charge in [0, 0.05) is 37.6 Å². The molecular weight excluding hydrogens is 758 g/mol. The summed E-state index contributed by atoms with van der Waals surface area (Å²) in [6, 6.07) is 7.69.